The number of Topliss-reactive ketones (excluding diaryl/α,β-unsaturated/α-hetero) is 2. The van der Waals surface area contributed by atoms with Crippen molar-refractivity contribution >= 4 is 17.3 Å². The molecule has 1 spiro atoms. The van der Waals surface area contributed by atoms with Crippen LogP contribution in [0.2, 0.25) is 0 Å². The normalized spacial score (nSPS) is 43.3. The Morgan fingerprint density at radius 2 is 1.58 bits per heavy atom. The van der Waals surface area contributed by atoms with Crippen LogP contribution in [-0.2, 0) is 27.3 Å². The molecule has 2 aliphatic heterocycles. The third-order valence-electron chi connectivity index (χ3n) is 26.2. The van der Waals surface area contributed by atoms with Crippen molar-refractivity contribution in [3.8, 4) is 5.75 Å². The van der Waals surface area contributed by atoms with Crippen molar-refractivity contribution in [2.24, 2.45) is 80.8 Å². The van der Waals surface area contributed by atoms with E-state index in [0.29, 0.717) is 56.4 Å². The van der Waals surface area contributed by atoms with Gasteiger partial charge in [0.1, 0.15) is 17.6 Å². The Hall–Kier alpha value is -3.16. The summed E-state index contributed by atoms with van der Waals surface area (Å²) >= 11 is 0. The number of fused-ring (bicyclic) bond motifs is 2. The van der Waals surface area contributed by atoms with Crippen LogP contribution in [0.4, 0.5) is 5.69 Å². The molecule has 2 aromatic rings. The van der Waals surface area contributed by atoms with Crippen LogP contribution in [0.3, 0.4) is 0 Å². The van der Waals surface area contributed by atoms with E-state index < -0.39 is 39.5 Å². The van der Waals surface area contributed by atoms with Crippen LogP contribution in [0.25, 0.3) is 0 Å². The van der Waals surface area contributed by atoms with E-state index in [-0.39, 0.29) is 95.6 Å². The van der Waals surface area contributed by atoms with E-state index in [1.807, 2.05) is 26.1 Å². The summed E-state index contributed by atoms with van der Waals surface area (Å²) in [6, 6.07) is 12.4. The van der Waals surface area contributed by atoms with Gasteiger partial charge in [-0.1, -0.05) is 83.9 Å². The topological polar surface area (TPSA) is 198 Å². The number of ketones is 2. The number of ether oxygens (including phenoxy) is 1. The monoisotopic (exact) mass is 1140 g/mol. The smallest absolute Gasteiger partial charge is 0.160 e. The van der Waals surface area contributed by atoms with Gasteiger partial charge in [-0.25, -0.2) is 0 Å². The van der Waals surface area contributed by atoms with Crippen molar-refractivity contribution < 1.29 is 39.9 Å². The Kier molecular flexibility index (Phi) is 16.5. The fraction of sp³-hybridized carbons (Fsp3) is 0.778. The fourth-order valence-electron chi connectivity index (χ4n) is 23.1. The minimum atomic E-state index is -0.948. The van der Waals surface area contributed by atoms with Gasteiger partial charge in [0, 0.05) is 61.2 Å². The van der Waals surface area contributed by atoms with Crippen molar-refractivity contribution in [2.45, 2.75) is 243 Å². The molecule has 2 saturated heterocycles. The van der Waals surface area contributed by atoms with Crippen LogP contribution in [0, 0.1) is 80.8 Å². The average Bonchev–Trinajstić information content (AvgIpc) is 1.52. The van der Waals surface area contributed by atoms with Gasteiger partial charge < -0.3 is 46.6 Å². The second-order valence-corrected chi connectivity index (χ2v) is 31.4. The molecule has 2 heterocycles. The van der Waals surface area contributed by atoms with Crippen molar-refractivity contribution in [1.82, 2.24) is 10.6 Å². The summed E-state index contributed by atoms with van der Waals surface area (Å²) in [5.74, 6) is 1.83. The van der Waals surface area contributed by atoms with E-state index in [9.17, 15) is 25.5 Å². The molecule has 10 aliphatic rings. The van der Waals surface area contributed by atoms with E-state index in [0.717, 1.165) is 144 Å². The number of nitrogens with two attached hydrogens (primary N) is 1. The van der Waals surface area contributed by atoms with Gasteiger partial charge in [-0.15, -0.1) is 0 Å². The average molecular weight is 1140 g/mol. The highest BCUT2D eigenvalue weighted by Gasteiger charge is 2.77. The fourth-order valence-corrected chi connectivity index (χ4v) is 23.1. The highest BCUT2D eigenvalue weighted by molar-refractivity contribution is 6.01. The summed E-state index contributed by atoms with van der Waals surface area (Å²) in [6.45, 7) is 14.6. The molecule has 11 nitrogen and oxygen atoms in total. The van der Waals surface area contributed by atoms with Crippen LogP contribution < -0.4 is 16.4 Å². The minimum Gasteiger partial charge on any atom is -0.508 e. The number of nitrogen functional groups attached to an aromatic ring is 1. The molecule has 8 aliphatic carbocycles. The van der Waals surface area contributed by atoms with E-state index in [1.165, 1.54) is 23.1 Å². The molecule has 6 saturated carbocycles. The first kappa shape index (κ1) is 60.1. The molecule has 0 aromatic heterocycles. The lowest BCUT2D eigenvalue weighted by molar-refractivity contribution is -0.250. The number of anilines is 1. The SMILES string of the molecule is CNCc1cc(O)cc([C@H]2C[C@@]3(C4CCCCC4)[C@H]4CCC5=C6C(=O)C[C@]5(C)[C@]4(C[C@@H]4NC[C@](C)(O)CCCC[C@@](C)(C2=O)[C@H]43)[C@H](CO)CC[C@@H]2CC[C@H](CO)C[C@@H]2[C@@H]6C[C@@H](O)[C@H]2O[C@]2(C)[C@@H]2CCC[C@H]2c2cc(N)cc(CC(C)C)c2)c1. The lowest BCUT2D eigenvalue weighted by Gasteiger charge is -2.75. The number of nitrogens with one attached hydrogen (secondary N) is 2. The van der Waals surface area contributed by atoms with E-state index in [1.54, 1.807) is 0 Å². The number of aromatic hydroxyl groups is 1. The Morgan fingerprint density at radius 3 is 2.33 bits per heavy atom. The van der Waals surface area contributed by atoms with Crippen LogP contribution >= 0.6 is 0 Å². The molecule has 0 amide bonds. The maximum atomic E-state index is 16.3. The molecule has 19 atom stereocenters. The van der Waals surface area contributed by atoms with E-state index in [2.05, 4.69) is 69.5 Å². The number of rotatable bonds is 13. The van der Waals surface area contributed by atoms with Gasteiger partial charge in [-0.2, -0.15) is 0 Å². The molecule has 458 valence electrons. The van der Waals surface area contributed by atoms with Crippen LogP contribution in [0.1, 0.15) is 223 Å². The first-order valence-electron chi connectivity index (χ1n) is 33.9. The Bertz CT molecular complexity index is 2770. The van der Waals surface area contributed by atoms with Gasteiger partial charge in [-0.3, -0.25) is 9.59 Å². The predicted molar refractivity (Wildman–Crippen MR) is 327 cm³/mol. The number of benzene rings is 2. The number of aliphatic hydroxyl groups is 4. The summed E-state index contributed by atoms with van der Waals surface area (Å²) in [7, 11) is 1.92. The summed E-state index contributed by atoms with van der Waals surface area (Å²) in [5.41, 5.74) is 10.4. The molecule has 4 bridgehead atoms. The van der Waals surface area contributed by atoms with Gasteiger partial charge in [0.25, 0.3) is 0 Å². The first-order chi connectivity index (χ1) is 39.6. The van der Waals surface area contributed by atoms with Crippen molar-refractivity contribution in [3.05, 3.63) is 69.8 Å². The number of aliphatic hydroxyl groups excluding tert-OH is 3. The second kappa shape index (κ2) is 22.8. The molecule has 11 heteroatoms. The van der Waals surface area contributed by atoms with Crippen LogP contribution in [0.15, 0.2) is 47.5 Å². The molecule has 9 N–H and O–H groups in total. The number of carbonyl (C=O) groups excluding carboxylic acids is 2. The summed E-state index contributed by atoms with van der Waals surface area (Å²) < 4.78 is 6.93. The zero-order valence-corrected chi connectivity index (χ0v) is 52.0. The Labute approximate surface area is 497 Å². The second-order valence-electron chi connectivity index (χ2n) is 31.4. The maximum Gasteiger partial charge on any atom is 0.160 e. The van der Waals surface area contributed by atoms with Crippen LogP contribution in [0.5, 0.6) is 5.75 Å². The number of phenols is 1. The van der Waals surface area contributed by atoms with Gasteiger partial charge in [0.15, 0.2) is 5.78 Å². The molecule has 8 fully saturated rings. The van der Waals surface area contributed by atoms with Crippen molar-refractivity contribution in [2.75, 3.05) is 32.5 Å². The van der Waals surface area contributed by atoms with Gasteiger partial charge in [0.05, 0.1) is 17.3 Å². The van der Waals surface area contributed by atoms with E-state index >= 15 is 9.59 Å². The van der Waals surface area contributed by atoms with Crippen molar-refractivity contribution in [1.29, 1.82) is 0 Å². The maximum absolute atomic E-state index is 16.3. The molecule has 2 aromatic carbocycles. The molecule has 83 heavy (non-hydrogen) atoms. The Balaban J connectivity index is 0.999. The highest BCUT2D eigenvalue weighted by Crippen LogP contribution is 2.80. The highest BCUT2D eigenvalue weighted by atomic mass is 16.6. The minimum absolute atomic E-state index is 0.0193. The lowest BCUT2D eigenvalue weighted by atomic mass is 9.29. The zero-order chi connectivity index (χ0) is 58.6. The number of hydrogen-bond acceptors (Lipinski definition) is 11. The molecular formula is C72H107N3O8. The molecule has 12 rings (SSSR count). The third-order valence-corrected chi connectivity index (χ3v) is 26.2. The van der Waals surface area contributed by atoms with E-state index in [4.69, 9.17) is 10.5 Å². The third kappa shape index (κ3) is 10.1. The van der Waals surface area contributed by atoms with Gasteiger partial charge >= 0.3 is 0 Å². The Morgan fingerprint density at radius 1 is 0.819 bits per heavy atom. The summed E-state index contributed by atoms with van der Waals surface area (Å²) in [5, 5.41) is 67.9. The predicted octanol–water partition coefficient (Wildman–Crippen LogP) is 12.0. The number of β-amino-alcohol motifs (C(OH)–C–C–N with tert-alkyl or cyclic N) is 1. The largest absolute Gasteiger partial charge is 0.508 e. The number of hydrogen-bond donors (Lipinski definition) is 8. The zero-order valence-electron chi connectivity index (χ0n) is 52.0. The van der Waals surface area contributed by atoms with Crippen molar-refractivity contribution in [3.63, 3.8) is 0 Å². The number of allylic oxidation sites excluding steroid dienone is 2. The molecular weight excluding hydrogens is 1030 g/mol. The number of carbonyl (C=O) groups is 2. The summed E-state index contributed by atoms with van der Waals surface area (Å²) in [6.07, 6.45) is 20.0. The van der Waals surface area contributed by atoms with Crippen LogP contribution in [-0.4, -0.2) is 93.4 Å². The molecule has 0 radical (unpaired) electrons. The molecule has 0 unspecified atom stereocenters. The number of epoxide rings is 1. The first-order valence-corrected chi connectivity index (χ1v) is 33.9. The standard InChI is InChI=1S/C72H107N3O8/c1-42(2)26-44-27-47(32-51(73)29-44)53-16-13-17-57(53)70(6)66(83-70)60(79)34-55-54-31-43(39-76)18-19-46(54)20-21-50(40-77)72-36-59-64-68(4,25-12-11-24-67(3,82)41-75-59)65(81)56(48-28-45(38-74-7)30-52(78)33-48)35-71(64,49-14-9-8-10-15-49)62(72)23-22-58-63(55)61(80)37-69(58,72)5/h27-30,32-33,42-43,46,49-50,53-57,59-60,62,64,66,74-79,82H,8-26,31,34-41,73H2,1-7H3/t43-,46-,50-,53-,54-,55-,56+,57+,59-,60+,62+,64-,66+,67+,68+,69-,70+,71+,72+/m0/s1. The number of phenolic OH excluding ortho intramolecular Hbond substituents is 1. The summed E-state index contributed by atoms with van der Waals surface area (Å²) in [4.78, 5) is 32.6. The quantitative estimate of drug-likeness (QED) is 0.0702. The van der Waals surface area contributed by atoms with Gasteiger partial charge in [-0.05, 0) is 258 Å². The van der Waals surface area contributed by atoms with Gasteiger partial charge in [0.2, 0.25) is 0 Å². The lowest BCUT2D eigenvalue weighted by Crippen LogP contribution is -2.75.